The number of hydrogen-bond acceptors (Lipinski definition) is 3. The lowest BCUT2D eigenvalue weighted by atomic mass is 10.2. The zero-order valence-corrected chi connectivity index (χ0v) is 13.7. The highest BCUT2D eigenvalue weighted by molar-refractivity contribution is 9.09. The normalized spacial score (nSPS) is 14.8. The lowest BCUT2D eigenvalue weighted by molar-refractivity contribution is 0.202. The first-order valence-corrected chi connectivity index (χ1v) is 9.57. The van der Waals surface area contributed by atoms with Crippen molar-refractivity contribution in [2.24, 2.45) is 0 Å². The van der Waals surface area contributed by atoms with Gasteiger partial charge in [-0.1, -0.05) is 42.1 Å². The highest BCUT2D eigenvalue weighted by Gasteiger charge is 2.23. The van der Waals surface area contributed by atoms with Gasteiger partial charge in [0.1, 0.15) is 0 Å². The van der Waals surface area contributed by atoms with E-state index in [-0.39, 0.29) is 0 Å². The predicted molar refractivity (Wildman–Crippen MR) is 77.7 cm³/mol. The van der Waals surface area contributed by atoms with Crippen LogP contribution >= 0.6 is 35.1 Å². The van der Waals surface area contributed by atoms with Gasteiger partial charge in [-0.2, -0.15) is 0 Å². The van der Waals surface area contributed by atoms with Crippen molar-refractivity contribution in [3.63, 3.8) is 0 Å². The minimum absolute atomic E-state index is 0.296. The first-order chi connectivity index (χ1) is 8.18. The number of rotatable bonds is 12. The fourth-order valence-electron chi connectivity index (χ4n) is 1.26. The average Bonchev–Trinajstić information content (AvgIpc) is 2.29. The Hall–Kier alpha value is 0.920. The molecule has 0 fully saturated rings. The Labute approximate surface area is 118 Å². The molecule has 0 bridgehead atoms. The Morgan fingerprint density at radius 2 is 1.76 bits per heavy atom. The number of alkyl halides is 2. The minimum Gasteiger partial charge on any atom is -0.309 e. The van der Waals surface area contributed by atoms with Gasteiger partial charge in [-0.25, -0.2) is 0 Å². The van der Waals surface area contributed by atoms with E-state index in [9.17, 15) is 4.57 Å². The number of hydrogen-bond donors (Lipinski definition) is 0. The molecule has 6 heteroatoms. The average molecular weight is 350 g/mol. The van der Waals surface area contributed by atoms with Gasteiger partial charge in [0.05, 0.1) is 19.4 Å². The predicted octanol–water partition coefficient (Wildman–Crippen LogP) is 4.82. The van der Waals surface area contributed by atoms with Gasteiger partial charge in [0.15, 0.2) is 0 Å². The molecule has 0 aromatic rings. The summed E-state index contributed by atoms with van der Waals surface area (Å²) in [4.78, 5) is 0. The number of unbranched alkanes of at least 4 members (excludes halogenated alkanes) is 3. The molecule has 0 aliphatic rings. The van der Waals surface area contributed by atoms with Gasteiger partial charge in [0.2, 0.25) is 0 Å². The van der Waals surface area contributed by atoms with Crippen LogP contribution in [0.4, 0.5) is 0 Å². The van der Waals surface area contributed by atoms with Crippen LogP contribution in [0, 0.1) is 0 Å². The van der Waals surface area contributed by atoms with E-state index < -0.39 is 7.60 Å². The van der Waals surface area contributed by atoms with Crippen LogP contribution in [0.5, 0.6) is 0 Å². The molecule has 0 aliphatic carbocycles. The molecule has 0 saturated heterocycles. The van der Waals surface area contributed by atoms with Crippen LogP contribution in [0.1, 0.15) is 39.0 Å². The van der Waals surface area contributed by atoms with Crippen molar-refractivity contribution >= 4 is 35.1 Å². The van der Waals surface area contributed by atoms with Crippen molar-refractivity contribution in [2.75, 3.05) is 30.6 Å². The van der Waals surface area contributed by atoms with Crippen LogP contribution in [0.3, 0.4) is 0 Å². The minimum atomic E-state index is -2.95. The lowest BCUT2D eigenvalue weighted by Gasteiger charge is -2.17. The van der Waals surface area contributed by atoms with Gasteiger partial charge in [-0.05, 0) is 12.8 Å². The van der Waals surface area contributed by atoms with Crippen LogP contribution in [0.2, 0.25) is 0 Å². The van der Waals surface area contributed by atoms with E-state index in [0.29, 0.717) is 25.3 Å². The molecule has 0 spiro atoms. The molecule has 0 amide bonds. The summed E-state index contributed by atoms with van der Waals surface area (Å²) in [5.41, 5.74) is 0. The summed E-state index contributed by atoms with van der Waals surface area (Å²) in [7, 11) is -2.95. The third-order valence-electron chi connectivity index (χ3n) is 2.21. The molecule has 1 atom stereocenters. The van der Waals surface area contributed by atoms with E-state index in [1.54, 1.807) is 0 Å². The molecular formula is C11H23BrClO3P. The summed E-state index contributed by atoms with van der Waals surface area (Å²) in [6.45, 7) is 3.11. The lowest BCUT2D eigenvalue weighted by Crippen LogP contribution is -2.04. The largest absolute Gasteiger partial charge is 0.331 e. The van der Waals surface area contributed by atoms with Crippen LogP contribution in [0.15, 0.2) is 0 Å². The van der Waals surface area contributed by atoms with Gasteiger partial charge in [-0.15, -0.1) is 11.6 Å². The Bertz CT molecular complexity index is 217. The van der Waals surface area contributed by atoms with E-state index >= 15 is 0 Å². The maximum atomic E-state index is 12.2. The topological polar surface area (TPSA) is 35.5 Å². The van der Waals surface area contributed by atoms with Crippen molar-refractivity contribution in [3.8, 4) is 0 Å². The van der Waals surface area contributed by atoms with Crippen molar-refractivity contribution in [2.45, 2.75) is 39.0 Å². The van der Waals surface area contributed by atoms with Gasteiger partial charge in [-0.3, -0.25) is 4.57 Å². The standard InChI is InChI=1S/C11H23BrClO3P/c1-2-3-4-5-9-15-17(14,11-8-13)16-10-6-7-12/h2-11H2,1H3. The summed E-state index contributed by atoms with van der Waals surface area (Å²) < 4.78 is 22.9. The molecule has 3 nitrogen and oxygen atoms in total. The van der Waals surface area contributed by atoms with Crippen molar-refractivity contribution in [3.05, 3.63) is 0 Å². The third-order valence-corrected chi connectivity index (χ3v) is 5.15. The maximum absolute atomic E-state index is 12.2. The van der Waals surface area contributed by atoms with E-state index in [0.717, 1.165) is 24.6 Å². The first kappa shape index (κ1) is 17.9. The molecule has 1 unspecified atom stereocenters. The van der Waals surface area contributed by atoms with Crippen LogP contribution in [-0.2, 0) is 13.6 Å². The van der Waals surface area contributed by atoms with Gasteiger partial charge in [0, 0.05) is 11.2 Å². The van der Waals surface area contributed by atoms with Crippen LogP contribution in [-0.4, -0.2) is 30.6 Å². The second kappa shape index (κ2) is 12.0. The van der Waals surface area contributed by atoms with E-state index in [1.165, 1.54) is 12.8 Å². The fourth-order valence-corrected chi connectivity index (χ4v) is 3.46. The smallest absolute Gasteiger partial charge is 0.309 e. The van der Waals surface area contributed by atoms with Gasteiger partial charge < -0.3 is 9.05 Å². The zero-order valence-electron chi connectivity index (χ0n) is 10.5. The molecule has 17 heavy (non-hydrogen) atoms. The zero-order chi connectivity index (χ0) is 13.0. The second-order valence-electron chi connectivity index (χ2n) is 3.79. The summed E-state index contributed by atoms with van der Waals surface area (Å²) >= 11 is 8.92. The number of halogens is 2. The van der Waals surface area contributed by atoms with E-state index in [1.807, 2.05) is 0 Å². The second-order valence-corrected chi connectivity index (χ2v) is 7.15. The molecule has 0 N–H and O–H groups in total. The molecule has 0 aromatic heterocycles. The first-order valence-electron chi connectivity index (χ1n) is 6.18. The van der Waals surface area contributed by atoms with Crippen molar-refractivity contribution < 1.29 is 13.6 Å². The summed E-state index contributed by atoms with van der Waals surface area (Å²) in [5, 5.41) is 0.838. The van der Waals surface area contributed by atoms with Crippen molar-refractivity contribution in [1.29, 1.82) is 0 Å². The molecule has 0 aromatic carbocycles. The molecule has 0 radical (unpaired) electrons. The van der Waals surface area contributed by atoms with E-state index in [2.05, 4.69) is 22.9 Å². The summed E-state index contributed by atoms with van der Waals surface area (Å²) in [5.74, 6) is 0.306. The van der Waals surface area contributed by atoms with Gasteiger partial charge >= 0.3 is 7.60 Å². The molecule has 0 aliphatic heterocycles. The Balaban J connectivity index is 3.81. The SMILES string of the molecule is CCCCCCOP(=O)(CCCl)OCCCBr. The summed E-state index contributed by atoms with van der Waals surface area (Å²) in [6.07, 6.45) is 5.53. The van der Waals surface area contributed by atoms with Gasteiger partial charge in [0.25, 0.3) is 0 Å². The van der Waals surface area contributed by atoms with Crippen LogP contribution in [0.25, 0.3) is 0 Å². The molecule has 104 valence electrons. The van der Waals surface area contributed by atoms with Crippen molar-refractivity contribution in [1.82, 2.24) is 0 Å². The summed E-state index contributed by atoms with van der Waals surface area (Å²) in [6, 6.07) is 0. The quantitative estimate of drug-likeness (QED) is 0.288. The third kappa shape index (κ3) is 10.5. The molecule has 0 rings (SSSR count). The Morgan fingerprint density at radius 3 is 2.29 bits per heavy atom. The highest BCUT2D eigenvalue weighted by Crippen LogP contribution is 2.48. The van der Waals surface area contributed by atoms with Crippen LogP contribution < -0.4 is 0 Å². The van der Waals surface area contributed by atoms with E-state index in [4.69, 9.17) is 20.6 Å². The molecule has 0 heterocycles. The molecule has 0 saturated carbocycles. The Kier molecular flexibility index (Phi) is 12.6. The Morgan fingerprint density at radius 1 is 1.12 bits per heavy atom. The fraction of sp³-hybridized carbons (Fsp3) is 1.00. The molecular weight excluding hydrogens is 326 g/mol. The highest BCUT2D eigenvalue weighted by atomic mass is 79.9. The maximum Gasteiger partial charge on any atom is 0.331 e. The monoisotopic (exact) mass is 348 g/mol.